The molecule has 0 aromatic heterocycles. The number of nitro groups is 1. The average Bonchev–Trinajstić information content (AvgIpc) is 2.59. The maximum atomic E-state index is 12.7. The van der Waals surface area contributed by atoms with Crippen molar-refractivity contribution in [1.82, 2.24) is 5.32 Å². The van der Waals surface area contributed by atoms with Crippen molar-refractivity contribution < 1.29 is 14.5 Å². The Morgan fingerprint density at radius 2 is 1.62 bits per heavy atom. The largest absolute Gasteiger partial charge is 0.349 e. The van der Waals surface area contributed by atoms with Gasteiger partial charge in [-0.25, -0.2) is 0 Å². The Hall–Kier alpha value is -3.02. The highest BCUT2D eigenvalue weighted by Gasteiger charge is 2.27. The number of hydrogen-bond donors (Lipinski definition) is 1. The van der Waals surface area contributed by atoms with Gasteiger partial charge in [0.05, 0.1) is 11.0 Å². The van der Waals surface area contributed by atoms with Crippen LogP contribution in [0.1, 0.15) is 35.8 Å². The van der Waals surface area contributed by atoms with Gasteiger partial charge in [-0.05, 0) is 5.56 Å². The number of nitrogens with one attached hydrogen (secondary N) is 1. The first kappa shape index (κ1) is 17.3. The number of carbonyl (C=O) groups excluding carboxylic acids is 2. The van der Waals surface area contributed by atoms with Gasteiger partial charge in [0.1, 0.15) is 0 Å². The van der Waals surface area contributed by atoms with E-state index in [1.807, 2.05) is 6.07 Å². The van der Waals surface area contributed by atoms with Gasteiger partial charge < -0.3 is 5.32 Å². The minimum absolute atomic E-state index is 0.0395. The van der Waals surface area contributed by atoms with Crippen LogP contribution in [0.5, 0.6) is 0 Å². The third kappa shape index (κ3) is 4.04. The van der Waals surface area contributed by atoms with Gasteiger partial charge >= 0.3 is 0 Å². The fourth-order valence-corrected chi connectivity index (χ4v) is 2.54. The zero-order chi connectivity index (χ0) is 17.7. The molecule has 0 heterocycles. The Bertz CT molecular complexity index is 741. The van der Waals surface area contributed by atoms with Gasteiger partial charge in [-0.2, -0.15) is 0 Å². The molecule has 0 radical (unpaired) electrons. The second-order valence-electron chi connectivity index (χ2n) is 5.55. The first-order chi connectivity index (χ1) is 11.4. The van der Waals surface area contributed by atoms with Gasteiger partial charge in [0, 0.05) is 30.5 Å². The Morgan fingerprint density at radius 1 is 1.04 bits per heavy atom. The molecule has 0 saturated heterocycles. The molecule has 0 bridgehead atoms. The van der Waals surface area contributed by atoms with E-state index in [4.69, 9.17) is 0 Å². The maximum absolute atomic E-state index is 12.7. The van der Waals surface area contributed by atoms with E-state index in [-0.39, 0.29) is 17.4 Å². The van der Waals surface area contributed by atoms with Crippen molar-refractivity contribution in [2.75, 3.05) is 0 Å². The molecule has 1 amide bonds. The molecular formula is C18H18N2O4. The number of nitrogens with zero attached hydrogens (tertiary/aromatic N) is 1. The van der Waals surface area contributed by atoms with Crippen molar-refractivity contribution in [3.8, 4) is 0 Å². The molecule has 124 valence electrons. The van der Waals surface area contributed by atoms with Crippen molar-refractivity contribution in [2.24, 2.45) is 5.92 Å². The topological polar surface area (TPSA) is 89.3 Å². The second-order valence-corrected chi connectivity index (χ2v) is 5.55. The molecule has 24 heavy (non-hydrogen) atoms. The van der Waals surface area contributed by atoms with Crippen molar-refractivity contribution in [1.29, 1.82) is 0 Å². The quantitative estimate of drug-likeness (QED) is 0.501. The summed E-state index contributed by atoms with van der Waals surface area (Å²) in [6.07, 6.45) is 0. The molecule has 0 unspecified atom stereocenters. The Kier molecular flexibility index (Phi) is 5.42. The number of carbonyl (C=O) groups is 2. The summed E-state index contributed by atoms with van der Waals surface area (Å²) in [6.45, 7) is 3.11. The SMILES string of the molecule is CC(=O)N[C@H](c1ccc([N+](=O)[O-])cc1)[C@@H](C)C(=O)c1ccccc1. The van der Waals surface area contributed by atoms with Gasteiger partial charge in [-0.3, -0.25) is 19.7 Å². The maximum Gasteiger partial charge on any atom is 0.269 e. The third-order valence-corrected chi connectivity index (χ3v) is 3.79. The first-order valence-corrected chi connectivity index (χ1v) is 7.51. The Morgan fingerprint density at radius 3 is 2.12 bits per heavy atom. The van der Waals surface area contributed by atoms with E-state index in [2.05, 4.69) is 5.32 Å². The molecule has 0 spiro atoms. The van der Waals surface area contributed by atoms with Crippen molar-refractivity contribution in [3.05, 3.63) is 75.8 Å². The molecule has 2 aromatic rings. The number of hydrogen-bond acceptors (Lipinski definition) is 4. The van der Waals surface area contributed by atoms with E-state index in [1.54, 1.807) is 43.3 Å². The molecule has 0 fully saturated rings. The van der Waals surface area contributed by atoms with Gasteiger partial charge in [-0.15, -0.1) is 0 Å². The van der Waals surface area contributed by atoms with E-state index in [9.17, 15) is 19.7 Å². The molecule has 2 atom stereocenters. The summed E-state index contributed by atoms with van der Waals surface area (Å²) in [6, 6.07) is 14.1. The lowest BCUT2D eigenvalue weighted by molar-refractivity contribution is -0.384. The van der Waals surface area contributed by atoms with Crippen LogP contribution in [0.15, 0.2) is 54.6 Å². The highest BCUT2D eigenvalue weighted by atomic mass is 16.6. The monoisotopic (exact) mass is 326 g/mol. The van der Waals surface area contributed by atoms with Crippen LogP contribution in [0.2, 0.25) is 0 Å². The zero-order valence-corrected chi connectivity index (χ0v) is 13.4. The lowest BCUT2D eigenvalue weighted by Gasteiger charge is -2.24. The number of Topliss-reactive ketones (excluding diaryl/α,β-unsaturated/α-hetero) is 1. The van der Waals surface area contributed by atoms with Crippen LogP contribution in [-0.2, 0) is 4.79 Å². The van der Waals surface area contributed by atoms with Gasteiger partial charge in [0.15, 0.2) is 5.78 Å². The van der Waals surface area contributed by atoms with Crippen LogP contribution < -0.4 is 5.32 Å². The average molecular weight is 326 g/mol. The molecule has 0 aliphatic carbocycles. The van der Waals surface area contributed by atoms with Crippen LogP contribution >= 0.6 is 0 Å². The van der Waals surface area contributed by atoms with E-state index < -0.39 is 16.9 Å². The summed E-state index contributed by atoms with van der Waals surface area (Å²) in [5, 5.41) is 13.5. The van der Waals surface area contributed by atoms with Crippen LogP contribution in [0.3, 0.4) is 0 Å². The molecule has 1 N–H and O–H groups in total. The number of amides is 1. The van der Waals surface area contributed by atoms with Crippen LogP contribution in [0.25, 0.3) is 0 Å². The molecule has 2 rings (SSSR count). The van der Waals surface area contributed by atoms with E-state index in [0.29, 0.717) is 11.1 Å². The first-order valence-electron chi connectivity index (χ1n) is 7.51. The lowest BCUT2D eigenvalue weighted by Crippen LogP contribution is -2.34. The minimum atomic E-state index is -0.559. The lowest BCUT2D eigenvalue weighted by atomic mass is 9.88. The number of rotatable bonds is 6. The van der Waals surface area contributed by atoms with Gasteiger partial charge in [0.2, 0.25) is 5.91 Å². The summed E-state index contributed by atoms with van der Waals surface area (Å²) in [7, 11) is 0. The molecular weight excluding hydrogens is 308 g/mol. The molecule has 0 saturated carbocycles. The van der Waals surface area contributed by atoms with Crippen molar-refractivity contribution in [3.63, 3.8) is 0 Å². The van der Waals surface area contributed by atoms with Crippen LogP contribution in [0, 0.1) is 16.0 Å². The van der Waals surface area contributed by atoms with Crippen LogP contribution in [0.4, 0.5) is 5.69 Å². The molecule has 6 nitrogen and oxygen atoms in total. The Labute approximate surface area is 139 Å². The number of benzene rings is 2. The second kappa shape index (κ2) is 7.50. The highest BCUT2D eigenvalue weighted by molar-refractivity contribution is 5.98. The van der Waals surface area contributed by atoms with E-state index >= 15 is 0 Å². The molecule has 6 heteroatoms. The summed E-state index contributed by atoms with van der Waals surface area (Å²) in [4.78, 5) is 34.5. The predicted octanol–water partition coefficient (Wildman–Crippen LogP) is 3.29. The summed E-state index contributed by atoms with van der Waals surface area (Å²) in [5.74, 6) is -0.892. The summed E-state index contributed by atoms with van der Waals surface area (Å²) >= 11 is 0. The summed E-state index contributed by atoms with van der Waals surface area (Å²) < 4.78 is 0. The number of ketones is 1. The number of nitro benzene ring substituents is 1. The van der Waals surface area contributed by atoms with Crippen molar-refractivity contribution in [2.45, 2.75) is 19.9 Å². The summed E-state index contributed by atoms with van der Waals surface area (Å²) in [5.41, 5.74) is 1.16. The van der Waals surface area contributed by atoms with E-state index in [0.717, 1.165) is 0 Å². The zero-order valence-electron chi connectivity index (χ0n) is 13.4. The predicted molar refractivity (Wildman–Crippen MR) is 89.6 cm³/mol. The van der Waals surface area contributed by atoms with Gasteiger partial charge in [0.25, 0.3) is 5.69 Å². The smallest absolute Gasteiger partial charge is 0.269 e. The highest BCUT2D eigenvalue weighted by Crippen LogP contribution is 2.27. The van der Waals surface area contributed by atoms with E-state index in [1.165, 1.54) is 19.1 Å². The molecule has 0 aliphatic heterocycles. The fraction of sp³-hybridized carbons (Fsp3) is 0.222. The fourth-order valence-electron chi connectivity index (χ4n) is 2.54. The molecule has 0 aliphatic rings. The van der Waals surface area contributed by atoms with Crippen molar-refractivity contribution >= 4 is 17.4 Å². The molecule has 2 aromatic carbocycles. The minimum Gasteiger partial charge on any atom is -0.349 e. The number of non-ortho nitro benzene ring substituents is 1. The Balaban J connectivity index is 2.32. The standard InChI is InChI=1S/C18H18N2O4/c1-12(18(22)15-6-4-3-5-7-15)17(19-13(2)21)14-8-10-16(11-9-14)20(23)24/h3-12,17H,1-2H3,(H,19,21)/t12-,17+/m1/s1. The third-order valence-electron chi connectivity index (χ3n) is 3.79. The van der Waals surface area contributed by atoms with Gasteiger partial charge in [-0.1, -0.05) is 49.4 Å². The normalized spacial score (nSPS) is 12.9. The van der Waals surface area contributed by atoms with Crippen LogP contribution in [-0.4, -0.2) is 16.6 Å².